The summed E-state index contributed by atoms with van der Waals surface area (Å²) in [4.78, 5) is 10.2. The normalized spacial score (nSPS) is 14.5. The molecule has 0 aromatic rings. The molecule has 0 spiro atoms. The number of nitrogens with one attached hydrogen (secondary N) is 2. The summed E-state index contributed by atoms with van der Waals surface area (Å²) in [5, 5.41) is 15.6. The van der Waals surface area contributed by atoms with Crippen molar-refractivity contribution in [2.75, 3.05) is 127 Å². The van der Waals surface area contributed by atoms with Crippen molar-refractivity contribution in [2.24, 2.45) is 11.5 Å². The van der Waals surface area contributed by atoms with Crippen molar-refractivity contribution in [3.8, 4) is 0 Å². The minimum absolute atomic E-state index is 0.0108. The molecule has 0 heterocycles. The molecule has 0 radical (unpaired) electrons. The molecule has 0 rings (SSSR count). The van der Waals surface area contributed by atoms with Crippen LogP contribution in [0.1, 0.15) is 39.5 Å². The maximum Gasteiger partial charge on any atom is 0.491 e. The summed E-state index contributed by atoms with van der Waals surface area (Å²) in [7, 11) is -6.91. The third-order valence-electron chi connectivity index (χ3n) is 8.42. The monoisotopic (exact) mass is 973 g/mol. The fraction of sp³-hybridized carbons (Fsp3) is 1.00. The molecule has 0 aliphatic heterocycles. The minimum Gasteiger partial charge on any atom is -0.437 e. The molecule has 0 saturated heterocycles. The van der Waals surface area contributed by atoms with Gasteiger partial charge in [0.05, 0.1) is 32.7 Å². The van der Waals surface area contributed by atoms with E-state index in [9.17, 15) is 4.80 Å². The highest BCUT2D eigenvalue weighted by atomic mass is 28.5. The molecular weight excluding hydrogens is 877 g/mol. The third-order valence-corrected chi connectivity index (χ3v) is 27.6. The Morgan fingerprint density at radius 1 is 0.483 bits per heavy atom. The van der Waals surface area contributed by atoms with E-state index in [0.717, 1.165) is 82.6 Å². The van der Waals surface area contributed by atoms with Gasteiger partial charge in [-0.05, 0) is 123 Å². The number of aliphatic hydroxyl groups is 1. The van der Waals surface area contributed by atoms with E-state index in [2.05, 4.69) is 56.5 Å². The highest BCUT2D eigenvalue weighted by molar-refractivity contribution is 6.86. The van der Waals surface area contributed by atoms with Crippen LogP contribution in [-0.2, 0) is 49.0 Å². The average molecular weight is 974 g/mol. The maximum absolute atomic E-state index is 10.2. The number of ether oxygens (including phenoxy) is 4. The molecule has 0 fully saturated rings. The number of rotatable bonds is 39. The van der Waals surface area contributed by atoms with E-state index >= 15 is 0 Å². The molecule has 23 heteroatoms. The highest BCUT2D eigenvalue weighted by Gasteiger charge is 2.49. The lowest BCUT2D eigenvalue weighted by Crippen LogP contribution is -2.57. The second-order valence-corrected chi connectivity index (χ2v) is 39.2. The summed E-state index contributed by atoms with van der Waals surface area (Å²) in [5.74, 6) is 0. The van der Waals surface area contributed by atoms with Gasteiger partial charge in [-0.3, -0.25) is 0 Å². The van der Waals surface area contributed by atoms with E-state index in [-0.39, 0.29) is 6.23 Å². The van der Waals surface area contributed by atoms with Crippen LogP contribution in [0.25, 0.3) is 0 Å². The molecule has 60 heavy (non-hydrogen) atoms. The van der Waals surface area contributed by atoms with Crippen LogP contribution in [0, 0.1) is 0 Å². The quantitative estimate of drug-likeness (QED) is 0.0378. The van der Waals surface area contributed by atoms with Gasteiger partial charge in [0.1, 0.15) is 0 Å². The molecule has 17 nitrogen and oxygen atoms in total. The third kappa shape index (κ3) is 40.2. The van der Waals surface area contributed by atoms with Crippen LogP contribution in [0.4, 0.5) is 0 Å². The van der Waals surface area contributed by atoms with Gasteiger partial charge in [-0.2, -0.15) is 0 Å². The van der Waals surface area contributed by atoms with Crippen molar-refractivity contribution in [3.05, 3.63) is 0 Å². The highest BCUT2D eigenvalue weighted by Crippen LogP contribution is 2.29. The Morgan fingerprint density at radius 3 is 1.30 bits per heavy atom. The van der Waals surface area contributed by atoms with Gasteiger partial charge in [-0.25, -0.2) is 0 Å². The van der Waals surface area contributed by atoms with Crippen LogP contribution in [0.5, 0.6) is 0 Å². The topological polar surface area (TPSA) is 218 Å². The molecule has 0 amide bonds. The zero-order valence-corrected chi connectivity index (χ0v) is 46.8. The molecule has 2 unspecified atom stereocenters. The predicted molar refractivity (Wildman–Crippen MR) is 258 cm³/mol. The van der Waals surface area contributed by atoms with Crippen LogP contribution < -0.4 is 22.1 Å². The number of hydrogen-bond acceptors (Lipinski definition) is 17. The number of hydrogen-bond donors (Lipinski definition) is 6. The van der Waals surface area contributed by atoms with Crippen molar-refractivity contribution in [1.82, 2.24) is 10.6 Å². The zero-order valence-electron chi connectivity index (χ0n) is 40.8. The Hall–Kier alpha value is 0.621. The minimum atomic E-state index is -2.80. The lowest BCUT2D eigenvalue weighted by atomic mass is 10.5. The van der Waals surface area contributed by atoms with E-state index in [4.69, 9.17) is 65.6 Å². The Kier molecular flexibility index (Phi) is 42.0. The Labute approximate surface area is 373 Å². The molecule has 366 valence electrons. The van der Waals surface area contributed by atoms with Gasteiger partial charge in [0.25, 0.3) is 0 Å². The maximum atomic E-state index is 10.2. The molecular formula is C37H96N4O13Si6. The van der Waals surface area contributed by atoms with E-state index in [1.165, 1.54) is 0 Å². The summed E-state index contributed by atoms with van der Waals surface area (Å²) in [6.07, 6.45) is 3.60. The Morgan fingerprint density at radius 2 is 0.917 bits per heavy atom. The van der Waals surface area contributed by atoms with Crippen LogP contribution in [-0.4, -0.2) is 188 Å². The van der Waals surface area contributed by atoms with Gasteiger partial charge in [0.2, 0.25) is 0 Å². The fourth-order valence-electron chi connectivity index (χ4n) is 5.82. The first-order chi connectivity index (χ1) is 28.2. The molecule has 8 N–H and O–H groups in total. The summed E-state index contributed by atoms with van der Waals surface area (Å²) in [6, 6.07) is 3.14. The van der Waals surface area contributed by atoms with E-state index < -0.39 is 51.1 Å². The largest absolute Gasteiger partial charge is 0.491 e. The van der Waals surface area contributed by atoms with Crippen LogP contribution in [0.3, 0.4) is 0 Å². The zero-order chi connectivity index (χ0) is 46.5. The lowest BCUT2D eigenvalue weighted by molar-refractivity contribution is 0.0524. The van der Waals surface area contributed by atoms with E-state index in [1.807, 2.05) is 20.4 Å². The smallest absolute Gasteiger partial charge is 0.437 e. The van der Waals surface area contributed by atoms with E-state index in [1.54, 1.807) is 28.4 Å². The molecule has 0 bridgehead atoms. The van der Waals surface area contributed by atoms with Crippen molar-refractivity contribution in [1.29, 1.82) is 0 Å². The van der Waals surface area contributed by atoms with Crippen molar-refractivity contribution >= 4 is 51.1 Å². The van der Waals surface area contributed by atoms with Crippen molar-refractivity contribution < 1.29 is 58.9 Å². The summed E-state index contributed by atoms with van der Waals surface area (Å²) >= 11 is 0. The summed E-state index contributed by atoms with van der Waals surface area (Å²) in [5.41, 5.74) is 10.9. The molecule has 0 aliphatic carbocycles. The lowest BCUT2D eigenvalue weighted by Gasteiger charge is -2.40. The molecule has 0 aromatic heterocycles. The van der Waals surface area contributed by atoms with Crippen LogP contribution in [0.15, 0.2) is 0 Å². The average Bonchev–Trinajstić information content (AvgIpc) is 3.17. The van der Waals surface area contributed by atoms with E-state index in [0.29, 0.717) is 59.3 Å². The summed E-state index contributed by atoms with van der Waals surface area (Å²) < 4.78 is 62.8. The van der Waals surface area contributed by atoms with Crippen molar-refractivity contribution in [2.45, 2.75) is 116 Å². The first-order valence-electron chi connectivity index (χ1n) is 21.9. The predicted octanol–water partition coefficient (Wildman–Crippen LogP) is 4.08. The first kappa shape index (κ1) is 64.9. The summed E-state index contributed by atoms with van der Waals surface area (Å²) in [6.45, 7) is 30.8. The molecule has 0 saturated carbocycles. The SMILES string of the molecule is CCOCCOCCC[Si](C)(O)O[Si](C)(C)C.CCOCCOCCC[Si](C)(O[Si](C)(C)C)O[Si](CCCNCCN)(OC)OC.CO[Si](CO)(CCCNCCN)OC. The van der Waals surface area contributed by atoms with Gasteiger partial charge < -0.3 is 81.0 Å². The number of aliphatic hydroxyl groups excluding tert-OH is 1. The first-order valence-corrected chi connectivity index (χ1v) is 38.0. The van der Waals surface area contributed by atoms with Crippen molar-refractivity contribution in [3.63, 3.8) is 0 Å². The fourth-order valence-corrected chi connectivity index (χ4v) is 26.2. The second-order valence-electron chi connectivity index (χ2n) is 16.5. The van der Waals surface area contributed by atoms with Gasteiger partial charge in [0.15, 0.2) is 16.6 Å². The van der Waals surface area contributed by atoms with Gasteiger partial charge >= 0.3 is 34.5 Å². The van der Waals surface area contributed by atoms with Gasteiger partial charge in [-0.15, -0.1) is 0 Å². The van der Waals surface area contributed by atoms with Gasteiger partial charge in [0, 0.05) is 87.1 Å². The molecule has 2 atom stereocenters. The second kappa shape index (κ2) is 38.8. The molecule has 0 aromatic carbocycles. The Bertz CT molecular complexity index is 935. The number of nitrogens with two attached hydrogens (primary N) is 2. The Balaban J connectivity index is -0.000000888. The van der Waals surface area contributed by atoms with Crippen LogP contribution in [0.2, 0.25) is 76.6 Å². The standard InChI is InChI=1S/C18H46N2O6Si3.C11H28O4Si2.C8H22N2O3Si/c1-8-23-15-16-24-14-10-17-28(7,25-27(4,5)6)26-29(21-2,22-3)18-9-12-20-13-11-19;1-6-13-9-10-14-8-7-11-17(5,12)15-16(2,3)4;1-12-14(8-11,13-2)7-3-5-10-6-4-9/h20H,8-19H2,1-7H3;12H,6-11H2,1-5H3;10-11H,3-9H2,1-2H3. The van der Waals surface area contributed by atoms with Crippen LogP contribution >= 0.6 is 0 Å². The van der Waals surface area contributed by atoms with Gasteiger partial charge in [-0.1, -0.05) is 0 Å². The molecule has 0 aliphatic rings.